The predicted molar refractivity (Wildman–Crippen MR) is 530 cm³/mol. The number of cyclic esters (lactones) is 2. The zero-order valence-corrected chi connectivity index (χ0v) is 87.9. The van der Waals surface area contributed by atoms with Gasteiger partial charge in [-0.1, -0.05) is 161 Å². The molecule has 2 amide bonds. The van der Waals surface area contributed by atoms with Crippen molar-refractivity contribution in [3.63, 3.8) is 0 Å². The van der Waals surface area contributed by atoms with E-state index in [2.05, 4.69) is 0 Å². The fourth-order valence-corrected chi connectivity index (χ4v) is 22.0. The number of unbranched alkanes of at least 4 members (excludes halogenated alkanes) is 4. The molecular formula is C111H170N2O28. The molecule has 6 fully saturated rings. The van der Waals surface area contributed by atoms with Gasteiger partial charge in [-0.3, -0.25) is 47.9 Å². The van der Waals surface area contributed by atoms with Crippen LogP contribution in [0.3, 0.4) is 0 Å². The molecule has 0 aromatic heterocycles. The molecule has 0 radical (unpaired) electrons. The molecule has 0 aromatic carbocycles. The van der Waals surface area contributed by atoms with Crippen LogP contribution in [0.1, 0.15) is 296 Å². The van der Waals surface area contributed by atoms with E-state index in [1.165, 1.54) is 24.0 Å². The van der Waals surface area contributed by atoms with Gasteiger partial charge in [0.05, 0.1) is 36.6 Å². The summed E-state index contributed by atoms with van der Waals surface area (Å²) in [7, 11) is 8.97. The van der Waals surface area contributed by atoms with Crippen LogP contribution in [0.4, 0.5) is 0 Å². The van der Waals surface area contributed by atoms with Crippen molar-refractivity contribution in [2.75, 3.05) is 55.7 Å². The summed E-state index contributed by atoms with van der Waals surface area (Å²) in [6, 6.07) is -2.47. The van der Waals surface area contributed by atoms with Gasteiger partial charge in [0.25, 0.3) is 23.4 Å². The van der Waals surface area contributed by atoms with Gasteiger partial charge in [0.15, 0.2) is 11.6 Å². The van der Waals surface area contributed by atoms with Crippen LogP contribution in [0.2, 0.25) is 0 Å². The molecule has 30 nitrogen and oxygen atoms in total. The number of allylic oxidation sites excluding steroid dienone is 12. The largest absolute Gasteiger partial charge is 0.460 e. The van der Waals surface area contributed by atoms with Crippen molar-refractivity contribution in [1.29, 1.82) is 0 Å². The van der Waals surface area contributed by atoms with Crippen molar-refractivity contribution in [2.24, 2.45) is 71.0 Å². The second-order valence-corrected chi connectivity index (χ2v) is 42.4. The van der Waals surface area contributed by atoms with Crippen molar-refractivity contribution in [2.45, 2.75) is 405 Å². The van der Waals surface area contributed by atoms with Gasteiger partial charge in [0.2, 0.25) is 11.6 Å². The summed E-state index contributed by atoms with van der Waals surface area (Å²) in [6.07, 6.45) is 22.9. The molecule has 0 spiro atoms. The van der Waals surface area contributed by atoms with Crippen molar-refractivity contribution in [3.05, 3.63) is 95.2 Å². The molecule has 2 saturated carbocycles. The quantitative estimate of drug-likeness (QED) is 0.0257. The van der Waals surface area contributed by atoms with Gasteiger partial charge in [-0.2, -0.15) is 0 Å². The fraction of sp³-hybridized carbons (Fsp3) is 0.748. The van der Waals surface area contributed by atoms with Crippen molar-refractivity contribution < 1.29 is 135 Å². The van der Waals surface area contributed by atoms with Gasteiger partial charge in [0, 0.05) is 130 Å². The third kappa shape index (κ3) is 33.7. The minimum Gasteiger partial charge on any atom is -0.460 e. The Bertz CT molecular complexity index is 4140. The molecule has 792 valence electrons. The van der Waals surface area contributed by atoms with E-state index in [0.29, 0.717) is 152 Å². The van der Waals surface area contributed by atoms with E-state index in [1.54, 1.807) is 96.0 Å². The normalized spacial score (nSPS) is 38.2. The van der Waals surface area contributed by atoms with Gasteiger partial charge in [0.1, 0.15) is 72.5 Å². The summed E-state index contributed by atoms with van der Waals surface area (Å²) in [5, 5.41) is 47.9. The van der Waals surface area contributed by atoms with Gasteiger partial charge in [-0.15, -0.1) is 0 Å². The highest BCUT2D eigenvalue weighted by Crippen LogP contribution is 2.43. The Balaban J connectivity index is 0.855. The zero-order valence-electron chi connectivity index (χ0n) is 87.9. The average molecular weight is 1980 g/mol. The molecule has 6 aliphatic heterocycles. The Morgan fingerprint density at radius 1 is 0.426 bits per heavy atom. The number of fused-ring (bicyclic) bond motifs is 6. The van der Waals surface area contributed by atoms with Crippen LogP contribution >= 0.6 is 0 Å². The lowest BCUT2D eigenvalue weighted by atomic mass is 9.78. The number of hydrogen-bond donors (Lipinski definition) is 4. The summed E-state index contributed by atoms with van der Waals surface area (Å²) in [5.74, 6) is -18.5. The highest BCUT2D eigenvalue weighted by Gasteiger charge is 2.56. The first-order valence-corrected chi connectivity index (χ1v) is 52.3. The molecule has 4 saturated heterocycles. The van der Waals surface area contributed by atoms with Crippen LogP contribution in [-0.4, -0.2) is 265 Å². The van der Waals surface area contributed by atoms with E-state index in [1.807, 2.05) is 102 Å². The molecular weight excluding hydrogens is 1810 g/mol. The first-order chi connectivity index (χ1) is 66.9. The first kappa shape index (κ1) is 119. The number of Topliss-reactive ketones (excluding diaryl/α,β-unsaturated/α-hetero) is 6. The Labute approximate surface area is 837 Å². The third-order valence-corrected chi connectivity index (χ3v) is 31.2. The van der Waals surface area contributed by atoms with Crippen LogP contribution in [0, 0.1) is 71.0 Å². The molecule has 30 heteroatoms. The molecule has 2 aliphatic carbocycles. The van der Waals surface area contributed by atoms with Gasteiger partial charge < -0.3 is 87.1 Å². The summed E-state index contributed by atoms with van der Waals surface area (Å²) in [4.78, 5) is 175. The van der Waals surface area contributed by atoms with Crippen LogP contribution in [-0.2, 0) is 114 Å². The monoisotopic (exact) mass is 1980 g/mol. The number of rotatable bonds is 22. The smallest absolute Gasteiger partial charge is 0.329 e. The maximum atomic E-state index is 14.9. The number of hydrogen-bond acceptors (Lipinski definition) is 28. The fourth-order valence-electron chi connectivity index (χ4n) is 22.0. The van der Waals surface area contributed by atoms with E-state index in [4.69, 9.17) is 56.8 Å². The number of carbonyl (C=O) groups excluding carboxylic acids is 12. The molecule has 8 aliphatic rings. The Kier molecular flexibility index (Phi) is 48.3. The molecule has 141 heavy (non-hydrogen) atoms. The van der Waals surface area contributed by atoms with Crippen molar-refractivity contribution in [1.82, 2.24) is 9.80 Å². The first-order valence-electron chi connectivity index (χ1n) is 52.3. The van der Waals surface area contributed by atoms with Crippen LogP contribution < -0.4 is 0 Å². The maximum absolute atomic E-state index is 14.9. The second-order valence-electron chi connectivity index (χ2n) is 42.4. The van der Waals surface area contributed by atoms with Crippen LogP contribution in [0.5, 0.6) is 0 Å². The van der Waals surface area contributed by atoms with E-state index >= 15 is 0 Å². The topological polar surface area (TPSA) is 403 Å². The summed E-state index contributed by atoms with van der Waals surface area (Å²) < 4.78 is 72.8. The molecule has 1 unspecified atom stereocenters. The number of piperidine rings is 2. The summed E-state index contributed by atoms with van der Waals surface area (Å²) >= 11 is 0. The van der Waals surface area contributed by atoms with Crippen LogP contribution in [0.15, 0.2) is 95.2 Å². The third-order valence-electron chi connectivity index (χ3n) is 31.2. The zero-order chi connectivity index (χ0) is 104. The molecule has 4 bridgehead atoms. The molecule has 8 rings (SSSR count). The number of ether oxygens (including phenoxy) is 12. The SMILES string of the molecule is CO[C@H]1C[C@@H]2CC[C@@H](C)[C@@](O)(O2)C(=O)C(=O)N2CCCC[C@H]2C(=O)O[C@H]([C@H](C)C[C@@H]2CC[C@@H](OC(=O)CCCCCCCC(=O)O[C@@H]3CC[C@@H](C[C@@H](C)[C@@H]4CC(=O)[C@H](C)/C=C(\C)[C@@H](O)[C@@H](OC)C(=O)[C@H](C)C[C@H](C)/C=C/C=C/C=C(\C)[C@@H](OC)C[C@@H]5CC[C@@H](C)[C@@](O)(O5)C(=O)C(=O)N5CCCC[C@H]5C(=O)O4)C[C@H]3OC)[C@H](OC)C2)CC(=O)C(C)/C=C(\C)[C@@H](O)[C@@H](OC)C(=O)[C@H](C)C[C@H](C)/C=C/C=C/C=C/1C. The second kappa shape index (κ2) is 57.4. The van der Waals surface area contributed by atoms with Gasteiger partial charge in [-0.25, -0.2) is 9.59 Å². The lowest BCUT2D eigenvalue weighted by Gasteiger charge is -2.42. The molecule has 0 aromatic rings. The summed E-state index contributed by atoms with van der Waals surface area (Å²) in [5.41, 5.74) is 2.36. The molecule has 6 heterocycles. The Morgan fingerprint density at radius 3 is 1.15 bits per heavy atom. The molecule has 30 atom stereocenters. The lowest BCUT2D eigenvalue weighted by molar-refractivity contribution is -0.265. The van der Waals surface area contributed by atoms with E-state index in [-0.39, 0.29) is 123 Å². The number of ketones is 6. The number of aliphatic hydroxyl groups is 4. The van der Waals surface area contributed by atoms with E-state index in [0.717, 1.165) is 17.6 Å². The van der Waals surface area contributed by atoms with Gasteiger partial charge >= 0.3 is 23.9 Å². The number of esters is 4. The highest BCUT2D eigenvalue weighted by atomic mass is 16.7. The standard InChI is InChI=1S/C111H170N2O28/c1-66-36-26-24-28-38-68(3)90(130-15)62-82-48-44-78(13)110(128,140-82)104(122)106(124)112-52-34-32-40-84(112)108(126)138-92(64-86(114)70(5)56-76(11)100(120)102(134-19)98(118)74(9)54-66)72(7)58-80-46-50-88(94(60-80)132-17)136-96(116)42-30-22-21-23-31-43-97(117)137-89-51-47-81(61-95(89)133-18)59-73(8)93-65-87(115)71(6)57-77(12)101(121)103(135-20)99(119)75(10)55-67(2)37-27-25-29-39-69(4)91(131-16)63-83-49-45-79(14)111(129,141-83)105(123)107(125)113-53-35-33-41-85(113)109(127)139-93/h24-29,36-39,56-57,66-67,70-75,78-85,88-95,100-103,120-121,128-129H,21-23,30-35,40-55,58-65H2,1-20H3/b28-24+,29-25+,36-26+,37-27+,68-38+,69-39+,76-56+,77-57+/t66-,67-,70-,71?,72-,73-,74-,75-,78-,79-,80+,81+,82+,83+,84+,85+,88-,89-,90+,91+,92+,93+,94-,95-,100-,101-,102+,103+,110-,111-/m1/s1. The summed E-state index contributed by atoms with van der Waals surface area (Å²) in [6.45, 7) is 25.1. The number of aliphatic hydroxyl groups excluding tert-OH is 2. The number of nitrogens with zero attached hydrogens (tertiary/aromatic N) is 2. The van der Waals surface area contributed by atoms with Crippen molar-refractivity contribution in [3.8, 4) is 0 Å². The number of carbonyl (C=O) groups is 12. The number of methoxy groups -OCH3 is 6. The number of amides is 2. The van der Waals surface area contributed by atoms with Crippen molar-refractivity contribution >= 4 is 70.4 Å². The maximum Gasteiger partial charge on any atom is 0.329 e. The molecule has 4 N–H and O–H groups in total. The lowest BCUT2D eigenvalue weighted by Crippen LogP contribution is -2.61. The average Bonchev–Trinajstić information content (AvgIpc) is 0.782. The predicted octanol–water partition coefficient (Wildman–Crippen LogP) is 15.2. The van der Waals surface area contributed by atoms with Gasteiger partial charge in [-0.05, 0) is 227 Å². The highest BCUT2D eigenvalue weighted by molar-refractivity contribution is 6.39. The Morgan fingerprint density at radius 2 is 0.794 bits per heavy atom. The Hall–Kier alpha value is -7.72. The van der Waals surface area contributed by atoms with E-state index < -0.39 is 192 Å². The minimum atomic E-state index is -2.51. The minimum absolute atomic E-state index is 0.0211. The van der Waals surface area contributed by atoms with Crippen LogP contribution in [0.25, 0.3) is 0 Å². The van der Waals surface area contributed by atoms with E-state index in [9.17, 15) is 78.0 Å².